The van der Waals surface area contributed by atoms with E-state index in [4.69, 9.17) is 18.3 Å². The number of carbonyl (C=O) groups excluding carboxylic acids is 2. The maximum Gasteiger partial charge on any atom is 1.00 e. The zero-order valence-corrected chi connectivity index (χ0v) is 23.1. The van der Waals surface area contributed by atoms with Crippen LogP contribution in [0.25, 0.3) is 21.9 Å². The second kappa shape index (κ2) is 12.5. The first-order chi connectivity index (χ1) is 16.2. The van der Waals surface area contributed by atoms with Crippen LogP contribution in [0.2, 0.25) is 0 Å². The molecule has 0 spiro atoms. The number of aromatic carboxylic acids is 2. The number of benzene rings is 2. The molecule has 0 radical (unpaired) electrons. The monoisotopic (exact) mass is 516 g/mol. The molecule has 0 bridgehead atoms. The number of rotatable bonds is 8. The van der Waals surface area contributed by atoms with Crippen LogP contribution in [0.15, 0.2) is 67.0 Å². The Labute approximate surface area is 245 Å². The number of hydrogen-bond donors (Lipinski definition) is 1. The molecule has 36 heavy (non-hydrogen) atoms. The smallest absolute Gasteiger partial charge is 0.542 e. The van der Waals surface area contributed by atoms with Gasteiger partial charge < -0.3 is 43.2 Å². The van der Waals surface area contributed by atoms with E-state index in [-0.39, 0.29) is 106 Å². The van der Waals surface area contributed by atoms with Crippen LogP contribution in [0.1, 0.15) is 21.1 Å². The summed E-state index contributed by atoms with van der Waals surface area (Å²) in [5.41, 5.74) is -1.40. The van der Waals surface area contributed by atoms with Crippen LogP contribution < -0.4 is 89.7 Å². The molecule has 2 aromatic heterocycles. The summed E-state index contributed by atoms with van der Waals surface area (Å²) in [5.74, 6) is -4.44. The van der Waals surface area contributed by atoms with Gasteiger partial charge in [0.05, 0.1) is 0 Å². The molecule has 4 aromatic rings. The van der Waals surface area contributed by atoms with Gasteiger partial charge in [-0.2, -0.15) is 0 Å². The third kappa shape index (κ3) is 6.37. The van der Waals surface area contributed by atoms with Gasteiger partial charge in [0, 0.05) is 12.1 Å². The summed E-state index contributed by atoms with van der Waals surface area (Å²) in [5, 5.41) is 32.1. The first-order valence-electron chi connectivity index (χ1n) is 9.74. The summed E-state index contributed by atoms with van der Waals surface area (Å²) >= 11 is 0. The van der Waals surface area contributed by atoms with E-state index >= 15 is 0 Å². The molecule has 2 heterocycles. The van der Waals surface area contributed by atoms with Gasteiger partial charge in [-0.25, -0.2) is 0 Å². The largest absolute Gasteiger partial charge is 1.00 e. The molecule has 0 aliphatic heterocycles. The van der Waals surface area contributed by atoms with Gasteiger partial charge in [-0.3, -0.25) is 9.59 Å². The summed E-state index contributed by atoms with van der Waals surface area (Å²) in [7, 11) is 0. The first-order valence-corrected chi connectivity index (χ1v) is 9.74. The van der Waals surface area contributed by atoms with Gasteiger partial charge in [-0.15, -0.1) is 0 Å². The minimum Gasteiger partial charge on any atom is -0.542 e. The van der Waals surface area contributed by atoms with Gasteiger partial charge in [-0.1, -0.05) is 12.1 Å². The Hall–Kier alpha value is -2.64. The quantitative estimate of drug-likeness (QED) is 0.174. The fourth-order valence-electron chi connectivity index (χ4n) is 3.22. The molecule has 174 valence electrons. The molecule has 13 heteroatoms. The predicted octanol–water partition coefficient (Wildman–Crippen LogP) is -6.55. The van der Waals surface area contributed by atoms with Crippen LogP contribution >= 0.6 is 0 Å². The minimum absolute atomic E-state index is 0. The van der Waals surface area contributed by atoms with Crippen LogP contribution in [-0.4, -0.2) is 36.4 Å². The summed E-state index contributed by atoms with van der Waals surface area (Å²) in [6.45, 7) is -0.649. The van der Waals surface area contributed by atoms with E-state index in [1.807, 2.05) is 0 Å². The van der Waals surface area contributed by atoms with Crippen LogP contribution in [0.4, 0.5) is 0 Å². The number of aliphatic hydroxyl groups is 1. The Bertz CT molecular complexity index is 1430. The summed E-state index contributed by atoms with van der Waals surface area (Å²) in [4.78, 5) is 46.5. The normalized spacial score (nSPS) is 10.5. The van der Waals surface area contributed by atoms with Gasteiger partial charge in [0.2, 0.25) is 0 Å². The van der Waals surface area contributed by atoms with Crippen LogP contribution in [0.3, 0.4) is 0 Å². The summed E-state index contributed by atoms with van der Waals surface area (Å²) in [6.07, 6.45) is -1.21. The Kier molecular flexibility index (Phi) is 10.3. The number of hydrogen-bond acceptors (Lipinski definition) is 11. The van der Waals surface area contributed by atoms with E-state index in [0.29, 0.717) is 0 Å². The van der Waals surface area contributed by atoms with Crippen molar-refractivity contribution in [3.05, 3.63) is 80.5 Å². The van der Waals surface area contributed by atoms with Gasteiger partial charge in [0.15, 0.2) is 22.4 Å². The molecular formula is C23H14Na2O11. The fraction of sp³-hybridized carbons (Fsp3) is 0.130. The first kappa shape index (κ1) is 29.6. The van der Waals surface area contributed by atoms with E-state index in [1.165, 1.54) is 36.4 Å². The van der Waals surface area contributed by atoms with E-state index in [9.17, 15) is 34.5 Å². The third-order valence-electron chi connectivity index (χ3n) is 4.70. The number of ether oxygens (including phenoxy) is 2. The number of aliphatic hydroxyl groups excluding tert-OH is 1. The van der Waals surface area contributed by atoms with Crippen molar-refractivity contribution >= 4 is 33.9 Å². The number of carbonyl (C=O) groups is 2. The molecule has 0 fully saturated rings. The molecule has 2 aromatic carbocycles. The molecule has 1 N–H and O–H groups in total. The van der Waals surface area contributed by atoms with Gasteiger partial charge in [0.25, 0.3) is 0 Å². The van der Waals surface area contributed by atoms with Gasteiger partial charge >= 0.3 is 59.1 Å². The molecule has 11 nitrogen and oxygen atoms in total. The topological polar surface area (TPSA) is 179 Å². The van der Waals surface area contributed by atoms with Crippen molar-refractivity contribution in [1.29, 1.82) is 0 Å². The van der Waals surface area contributed by atoms with Crippen molar-refractivity contribution in [3.8, 4) is 11.5 Å². The zero-order valence-electron chi connectivity index (χ0n) is 19.1. The average molecular weight is 516 g/mol. The minimum atomic E-state index is -1.64. The summed E-state index contributed by atoms with van der Waals surface area (Å²) < 4.78 is 21.2. The van der Waals surface area contributed by atoms with Crippen molar-refractivity contribution in [2.45, 2.75) is 6.10 Å². The number of carboxylic acid groups (broad SMARTS) is 2. The molecule has 0 unspecified atom stereocenters. The molecular weight excluding hydrogens is 502 g/mol. The van der Waals surface area contributed by atoms with E-state index in [1.54, 1.807) is 0 Å². The van der Waals surface area contributed by atoms with Crippen LogP contribution in [0.5, 0.6) is 11.5 Å². The van der Waals surface area contributed by atoms with Crippen molar-refractivity contribution < 1.29 is 102 Å². The van der Waals surface area contributed by atoms with Crippen molar-refractivity contribution in [2.24, 2.45) is 0 Å². The molecule has 0 aliphatic carbocycles. The third-order valence-corrected chi connectivity index (χ3v) is 4.70. The van der Waals surface area contributed by atoms with Gasteiger partial charge in [-0.05, 0) is 24.3 Å². The Morgan fingerprint density at radius 3 is 1.53 bits per heavy atom. The van der Waals surface area contributed by atoms with Gasteiger partial charge in [0.1, 0.15) is 64.7 Å². The molecule has 0 aliphatic rings. The van der Waals surface area contributed by atoms with E-state index < -0.39 is 40.4 Å². The number of fused-ring (bicyclic) bond motifs is 2. The molecule has 0 saturated heterocycles. The van der Waals surface area contributed by atoms with Crippen LogP contribution in [0, 0.1) is 0 Å². The standard InChI is InChI=1S/C23H16O11.2Na/c24-11(9-31-14-3-1-5-16-20(14)12(25)7-18(33-16)22(27)28)10-32-15-4-2-6-17-21(15)13(26)8-19(34-17)23(29)30;;/h1-8,11,24H,9-10H2,(H,27,28)(H,29,30);;/q;2*+1/p-2/i18+1,19+1,22+1,23+1;;. The van der Waals surface area contributed by atoms with Crippen LogP contribution in [-0.2, 0) is 0 Å². The Balaban J connectivity index is 0.00000228. The van der Waals surface area contributed by atoms with E-state index in [0.717, 1.165) is 12.1 Å². The predicted molar refractivity (Wildman–Crippen MR) is 111 cm³/mol. The molecule has 0 saturated carbocycles. The fourth-order valence-corrected chi connectivity index (χ4v) is 3.22. The van der Waals surface area contributed by atoms with Crippen molar-refractivity contribution in [2.75, 3.05) is 13.2 Å². The maximum atomic E-state index is 12.3. The number of carboxylic acids is 2. The average Bonchev–Trinajstić information content (AvgIpc) is 2.80. The summed E-state index contributed by atoms with van der Waals surface area (Å²) in [6, 6.07) is 10.1. The van der Waals surface area contributed by atoms with Crippen molar-refractivity contribution in [1.82, 2.24) is 0 Å². The SMILES string of the molecule is O=c1c[13c]([13C](=O)[O-])oc2cccc(OCC(O)COc3cccc4o[13c]([13C](=O)[O-])cc(=O)c34)c12.[Na+].[Na+]. The van der Waals surface area contributed by atoms with Crippen molar-refractivity contribution in [3.63, 3.8) is 0 Å². The second-order valence-electron chi connectivity index (χ2n) is 7.06. The Morgan fingerprint density at radius 1 is 0.778 bits per heavy atom. The Morgan fingerprint density at radius 2 is 1.17 bits per heavy atom. The molecule has 0 amide bonds. The molecule has 0 atom stereocenters. The van der Waals surface area contributed by atoms with E-state index in [2.05, 4.69) is 0 Å². The molecule has 4 rings (SSSR count). The zero-order chi connectivity index (χ0) is 24.4. The maximum absolute atomic E-state index is 12.3. The second-order valence-corrected chi connectivity index (χ2v) is 7.06.